The highest BCUT2D eigenvalue weighted by Gasteiger charge is 2.07. The van der Waals surface area contributed by atoms with Gasteiger partial charge in [0.25, 0.3) is 0 Å². The monoisotopic (exact) mass is 374 g/mol. The number of ether oxygens (including phenoxy) is 1. The molecular weight excluding hydrogens is 344 g/mol. The number of nitrogens with one attached hydrogen (secondary N) is 2. The first-order valence-corrected chi connectivity index (χ1v) is 10.0. The summed E-state index contributed by atoms with van der Waals surface area (Å²) in [6.07, 6.45) is 0.890. The summed E-state index contributed by atoms with van der Waals surface area (Å²) in [4.78, 5) is 9.36. The molecule has 0 bridgehead atoms. The van der Waals surface area contributed by atoms with Crippen LogP contribution in [0.25, 0.3) is 0 Å². The lowest BCUT2D eigenvalue weighted by molar-refractivity contribution is 0.409. The number of hydrogen-bond donors (Lipinski definition) is 2. The molecule has 1 heterocycles. The highest BCUT2D eigenvalue weighted by Crippen LogP contribution is 2.21. The van der Waals surface area contributed by atoms with E-state index in [4.69, 9.17) is 4.74 Å². The molecule has 0 radical (unpaired) electrons. The summed E-state index contributed by atoms with van der Waals surface area (Å²) in [5.41, 5.74) is 3.40. The fraction of sp³-hybridized carbons (Fsp3) is 0.500. The fourth-order valence-corrected chi connectivity index (χ4v) is 3.37. The zero-order valence-electron chi connectivity index (χ0n) is 16.4. The second kappa shape index (κ2) is 10.2. The number of guanidine groups is 1. The number of nitrogens with zero attached hydrogens (tertiary/aromatic N) is 2. The Balaban J connectivity index is 1.93. The van der Waals surface area contributed by atoms with E-state index in [0.29, 0.717) is 12.5 Å². The lowest BCUT2D eigenvalue weighted by Crippen LogP contribution is -2.38. The second-order valence-corrected chi connectivity index (χ2v) is 7.41. The molecule has 0 aliphatic heterocycles. The lowest BCUT2D eigenvalue weighted by Gasteiger charge is -2.12. The molecule has 1 aromatic carbocycles. The minimum Gasteiger partial charge on any atom is -0.496 e. The molecule has 0 aliphatic carbocycles. The molecule has 5 nitrogen and oxygen atoms in total. The number of aliphatic imine (C=N–C) groups is 1. The summed E-state index contributed by atoms with van der Waals surface area (Å²) in [6, 6.07) is 6.20. The van der Waals surface area contributed by atoms with Crippen LogP contribution >= 0.6 is 11.3 Å². The molecule has 2 rings (SSSR count). The summed E-state index contributed by atoms with van der Waals surface area (Å²) in [5, 5.41) is 10.0. The third kappa shape index (κ3) is 6.02. The minimum atomic E-state index is 0.491. The number of aromatic nitrogens is 1. The number of benzene rings is 1. The van der Waals surface area contributed by atoms with E-state index in [0.717, 1.165) is 42.5 Å². The highest BCUT2D eigenvalue weighted by molar-refractivity contribution is 7.09. The fourth-order valence-electron chi connectivity index (χ4n) is 2.50. The van der Waals surface area contributed by atoms with Crippen molar-refractivity contribution in [2.45, 2.75) is 46.6 Å². The average Bonchev–Trinajstić information content (AvgIpc) is 3.09. The van der Waals surface area contributed by atoms with Crippen LogP contribution in [0.15, 0.2) is 28.6 Å². The molecule has 142 valence electrons. The standard InChI is InChI=1S/C20H30N4OS/c1-6-21-20(22-10-9-17-13-26-19(24-17)14(2)3)23-12-16-8-7-15(4)11-18(16)25-5/h7-8,11,13-14H,6,9-10,12H2,1-5H3,(H2,21,22,23). The Hall–Kier alpha value is -2.08. The molecule has 1 aromatic heterocycles. The van der Waals surface area contributed by atoms with Crippen LogP contribution in [-0.2, 0) is 13.0 Å². The van der Waals surface area contributed by atoms with Gasteiger partial charge in [0.1, 0.15) is 5.75 Å². The summed E-state index contributed by atoms with van der Waals surface area (Å²) < 4.78 is 5.46. The molecule has 6 heteroatoms. The topological polar surface area (TPSA) is 58.5 Å². The van der Waals surface area contributed by atoms with E-state index in [-0.39, 0.29) is 0 Å². The largest absolute Gasteiger partial charge is 0.496 e. The maximum Gasteiger partial charge on any atom is 0.191 e. The number of thiazole rings is 1. The quantitative estimate of drug-likeness (QED) is 0.544. The second-order valence-electron chi connectivity index (χ2n) is 6.52. The Labute approximate surface area is 160 Å². The predicted octanol–water partition coefficient (Wildman–Crippen LogP) is 3.88. The van der Waals surface area contributed by atoms with Gasteiger partial charge in [-0.2, -0.15) is 0 Å². The van der Waals surface area contributed by atoms with E-state index in [1.54, 1.807) is 18.4 Å². The molecular formula is C20H30N4OS. The number of aryl methyl sites for hydroxylation is 1. The van der Waals surface area contributed by atoms with Crippen molar-refractivity contribution in [1.82, 2.24) is 15.6 Å². The Morgan fingerprint density at radius 1 is 1.31 bits per heavy atom. The third-order valence-electron chi connectivity index (χ3n) is 3.93. The number of methoxy groups -OCH3 is 1. The number of hydrogen-bond acceptors (Lipinski definition) is 4. The summed E-state index contributed by atoms with van der Waals surface area (Å²) in [5.74, 6) is 2.19. The smallest absolute Gasteiger partial charge is 0.191 e. The van der Waals surface area contributed by atoms with E-state index >= 15 is 0 Å². The normalized spacial score (nSPS) is 11.7. The third-order valence-corrected chi connectivity index (χ3v) is 5.13. The van der Waals surface area contributed by atoms with Gasteiger partial charge in [0.2, 0.25) is 0 Å². The molecule has 0 saturated carbocycles. The van der Waals surface area contributed by atoms with Crippen molar-refractivity contribution in [3.05, 3.63) is 45.4 Å². The van der Waals surface area contributed by atoms with Gasteiger partial charge in [0.05, 0.1) is 24.4 Å². The van der Waals surface area contributed by atoms with Gasteiger partial charge in [-0.1, -0.05) is 26.0 Å². The minimum absolute atomic E-state index is 0.491. The van der Waals surface area contributed by atoms with E-state index in [1.807, 2.05) is 6.07 Å². The van der Waals surface area contributed by atoms with E-state index < -0.39 is 0 Å². The van der Waals surface area contributed by atoms with Gasteiger partial charge in [0.15, 0.2) is 5.96 Å². The first-order chi connectivity index (χ1) is 12.5. The van der Waals surface area contributed by atoms with Gasteiger partial charge >= 0.3 is 0 Å². The maximum absolute atomic E-state index is 5.46. The Bertz CT molecular complexity index is 724. The van der Waals surface area contributed by atoms with Crippen molar-refractivity contribution in [3.63, 3.8) is 0 Å². The first-order valence-electron chi connectivity index (χ1n) is 9.13. The summed E-state index contributed by atoms with van der Waals surface area (Å²) in [6.45, 7) is 10.7. The van der Waals surface area contributed by atoms with E-state index in [2.05, 4.69) is 65.8 Å². The van der Waals surface area contributed by atoms with Crippen molar-refractivity contribution >= 4 is 17.3 Å². The summed E-state index contributed by atoms with van der Waals surface area (Å²) in [7, 11) is 1.70. The molecule has 0 atom stereocenters. The average molecular weight is 375 g/mol. The van der Waals surface area contributed by atoms with Gasteiger partial charge in [0, 0.05) is 36.4 Å². The van der Waals surface area contributed by atoms with Crippen LogP contribution in [0.3, 0.4) is 0 Å². The SMILES string of the molecule is CCNC(=NCc1ccc(C)cc1OC)NCCc1csc(C(C)C)n1. The van der Waals surface area contributed by atoms with Gasteiger partial charge in [-0.25, -0.2) is 9.98 Å². The van der Waals surface area contributed by atoms with Crippen LogP contribution in [0.5, 0.6) is 5.75 Å². The lowest BCUT2D eigenvalue weighted by atomic mass is 10.1. The predicted molar refractivity (Wildman–Crippen MR) is 110 cm³/mol. The molecule has 0 spiro atoms. The van der Waals surface area contributed by atoms with Crippen molar-refractivity contribution < 1.29 is 4.74 Å². The van der Waals surface area contributed by atoms with Crippen LogP contribution in [0.2, 0.25) is 0 Å². The number of rotatable bonds is 8. The van der Waals surface area contributed by atoms with Crippen molar-refractivity contribution in [2.24, 2.45) is 4.99 Å². The van der Waals surface area contributed by atoms with Gasteiger partial charge < -0.3 is 15.4 Å². The van der Waals surface area contributed by atoms with Crippen molar-refractivity contribution in [2.75, 3.05) is 20.2 Å². The van der Waals surface area contributed by atoms with Gasteiger partial charge in [-0.05, 0) is 25.5 Å². The summed E-state index contributed by atoms with van der Waals surface area (Å²) >= 11 is 1.74. The molecule has 26 heavy (non-hydrogen) atoms. The van der Waals surface area contributed by atoms with Crippen molar-refractivity contribution in [1.29, 1.82) is 0 Å². The van der Waals surface area contributed by atoms with Gasteiger partial charge in [-0.15, -0.1) is 11.3 Å². The zero-order valence-corrected chi connectivity index (χ0v) is 17.2. The highest BCUT2D eigenvalue weighted by atomic mass is 32.1. The van der Waals surface area contributed by atoms with Crippen molar-refractivity contribution in [3.8, 4) is 5.75 Å². The molecule has 0 amide bonds. The molecule has 0 saturated heterocycles. The zero-order chi connectivity index (χ0) is 18.9. The molecule has 2 aromatic rings. The van der Waals surface area contributed by atoms with Crippen LogP contribution in [0, 0.1) is 6.92 Å². The van der Waals surface area contributed by atoms with Crippen LogP contribution in [0.1, 0.15) is 48.5 Å². The maximum atomic E-state index is 5.46. The van der Waals surface area contributed by atoms with Crippen LogP contribution in [-0.4, -0.2) is 31.1 Å². The van der Waals surface area contributed by atoms with Crippen LogP contribution < -0.4 is 15.4 Å². The van der Waals surface area contributed by atoms with E-state index in [9.17, 15) is 0 Å². The molecule has 0 aliphatic rings. The molecule has 0 unspecified atom stereocenters. The Morgan fingerprint density at radius 3 is 2.77 bits per heavy atom. The van der Waals surface area contributed by atoms with Gasteiger partial charge in [-0.3, -0.25) is 0 Å². The Morgan fingerprint density at radius 2 is 2.12 bits per heavy atom. The van der Waals surface area contributed by atoms with Crippen LogP contribution in [0.4, 0.5) is 0 Å². The molecule has 2 N–H and O–H groups in total. The molecule has 0 fully saturated rings. The Kier molecular flexibility index (Phi) is 7.91. The van der Waals surface area contributed by atoms with E-state index in [1.165, 1.54) is 10.6 Å². The first kappa shape index (κ1) is 20.2.